The number of nitrogens with zero attached hydrogens (tertiary/aromatic N) is 3. The third kappa shape index (κ3) is 4.58. The van der Waals surface area contributed by atoms with Gasteiger partial charge in [0.25, 0.3) is 0 Å². The van der Waals surface area contributed by atoms with Gasteiger partial charge in [-0.1, -0.05) is 26.7 Å². The maximum atomic E-state index is 4.77. The molecule has 0 aromatic carbocycles. The zero-order chi connectivity index (χ0) is 15.1. The van der Waals surface area contributed by atoms with Gasteiger partial charge in [-0.25, -0.2) is 9.97 Å². The normalized spacial score (nSPS) is 16.2. The summed E-state index contributed by atoms with van der Waals surface area (Å²) in [6, 6.07) is 2.11. The monoisotopic (exact) mass is 290 g/mol. The number of anilines is 2. The fourth-order valence-corrected chi connectivity index (χ4v) is 3.11. The molecule has 0 unspecified atom stereocenters. The Labute approximate surface area is 129 Å². The molecule has 0 aliphatic carbocycles. The van der Waals surface area contributed by atoms with Gasteiger partial charge >= 0.3 is 0 Å². The van der Waals surface area contributed by atoms with E-state index in [0.717, 1.165) is 55.9 Å². The van der Waals surface area contributed by atoms with Crippen molar-refractivity contribution in [2.24, 2.45) is 5.92 Å². The zero-order valence-corrected chi connectivity index (χ0v) is 13.9. The summed E-state index contributed by atoms with van der Waals surface area (Å²) in [4.78, 5) is 11.8. The van der Waals surface area contributed by atoms with Crippen molar-refractivity contribution in [3.05, 3.63) is 11.9 Å². The van der Waals surface area contributed by atoms with Crippen LogP contribution >= 0.6 is 0 Å². The molecule has 0 spiro atoms. The zero-order valence-electron chi connectivity index (χ0n) is 13.9. The quantitative estimate of drug-likeness (QED) is 0.827. The highest BCUT2D eigenvalue weighted by Crippen LogP contribution is 2.26. The first kappa shape index (κ1) is 16.1. The largest absolute Gasteiger partial charge is 0.370 e. The van der Waals surface area contributed by atoms with E-state index in [1.807, 2.05) is 0 Å². The van der Waals surface area contributed by atoms with Gasteiger partial charge < -0.3 is 10.2 Å². The van der Waals surface area contributed by atoms with E-state index in [0.29, 0.717) is 0 Å². The van der Waals surface area contributed by atoms with Gasteiger partial charge in [-0.15, -0.1) is 0 Å². The van der Waals surface area contributed by atoms with Crippen LogP contribution in [0.25, 0.3) is 0 Å². The maximum Gasteiger partial charge on any atom is 0.134 e. The number of nitrogens with one attached hydrogen (secondary N) is 1. The second-order valence-corrected chi connectivity index (χ2v) is 6.03. The van der Waals surface area contributed by atoms with Crippen LogP contribution in [0.3, 0.4) is 0 Å². The minimum Gasteiger partial charge on any atom is -0.370 e. The molecule has 1 aromatic heterocycles. The summed E-state index contributed by atoms with van der Waals surface area (Å²) in [6.07, 6.45) is 7.34. The lowest BCUT2D eigenvalue weighted by atomic mass is 9.92. The van der Waals surface area contributed by atoms with Crippen LogP contribution in [0, 0.1) is 5.92 Å². The molecule has 1 fully saturated rings. The van der Waals surface area contributed by atoms with Gasteiger partial charge in [0.1, 0.15) is 17.5 Å². The Morgan fingerprint density at radius 3 is 2.52 bits per heavy atom. The van der Waals surface area contributed by atoms with Crippen LogP contribution in [-0.2, 0) is 6.42 Å². The molecule has 0 radical (unpaired) electrons. The number of aryl methyl sites for hydroxylation is 1. The average Bonchev–Trinajstić information content (AvgIpc) is 2.49. The molecule has 0 saturated carbocycles. The van der Waals surface area contributed by atoms with Crippen LogP contribution in [0.5, 0.6) is 0 Å². The topological polar surface area (TPSA) is 41.1 Å². The van der Waals surface area contributed by atoms with Crippen molar-refractivity contribution < 1.29 is 0 Å². The number of hydrogen-bond acceptors (Lipinski definition) is 4. The van der Waals surface area contributed by atoms with Gasteiger partial charge in [-0.3, -0.25) is 0 Å². The molecule has 0 amide bonds. The second-order valence-electron chi connectivity index (χ2n) is 6.03. The Kier molecular flexibility index (Phi) is 6.27. The van der Waals surface area contributed by atoms with E-state index < -0.39 is 0 Å². The van der Waals surface area contributed by atoms with Gasteiger partial charge in [-0.2, -0.15) is 0 Å². The van der Waals surface area contributed by atoms with E-state index >= 15 is 0 Å². The Balaban J connectivity index is 2.07. The molecule has 4 heteroatoms. The average molecular weight is 290 g/mol. The molecule has 1 aliphatic rings. The van der Waals surface area contributed by atoms with Crippen LogP contribution in [-0.4, -0.2) is 29.6 Å². The van der Waals surface area contributed by atoms with Gasteiger partial charge in [0, 0.05) is 32.1 Å². The second kappa shape index (κ2) is 8.20. The lowest BCUT2D eigenvalue weighted by molar-refractivity contribution is 0.377. The van der Waals surface area contributed by atoms with Crippen molar-refractivity contribution in [1.82, 2.24) is 9.97 Å². The minimum absolute atomic E-state index is 0.903. The van der Waals surface area contributed by atoms with Crippen LogP contribution in [0.4, 0.5) is 11.6 Å². The van der Waals surface area contributed by atoms with Gasteiger partial charge in [0.05, 0.1) is 0 Å². The first-order valence-electron chi connectivity index (χ1n) is 8.63. The molecular weight excluding hydrogens is 260 g/mol. The predicted molar refractivity (Wildman–Crippen MR) is 90.0 cm³/mol. The molecule has 0 atom stereocenters. The third-order valence-corrected chi connectivity index (χ3v) is 4.23. The SMILES string of the molecule is CCCc1nc(NCC)cc(N2CCC(CCC)CC2)n1. The van der Waals surface area contributed by atoms with Crippen LogP contribution in [0.15, 0.2) is 6.07 Å². The summed E-state index contributed by atoms with van der Waals surface area (Å²) in [6.45, 7) is 9.76. The van der Waals surface area contributed by atoms with E-state index in [2.05, 4.69) is 42.0 Å². The Hall–Kier alpha value is -1.32. The van der Waals surface area contributed by atoms with Crippen LogP contribution in [0.2, 0.25) is 0 Å². The van der Waals surface area contributed by atoms with Crippen molar-refractivity contribution in [2.75, 3.05) is 29.9 Å². The third-order valence-electron chi connectivity index (χ3n) is 4.23. The first-order chi connectivity index (χ1) is 10.3. The molecule has 4 nitrogen and oxygen atoms in total. The highest BCUT2D eigenvalue weighted by Gasteiger charge is 2.20. The first-order valence-corrected chi connectivity index (χ1v) is 8.63. The number of rotatable bonds is 7. The molecule has 118 valence electrons. The number of aromatic nitrogens is 2. The lowest BCUT2D eigenvalue weighted by Gasteiger charge is -2.33. The minimum atomic E-state index is 0.903. The molecular formula is C17H30N4. The fourth-order valence-electron chi connectivity index (χ4n) is 3.11. The van der Waals surface area contributed by atoms with E-state index in [1.54, 1.807) is 0 Å². The van der Waals surface area contributed by atoms with E-state index in [-0.39, 0.29) is 0 Å². The predicted octanol–water partition coefficient (Wildman–Crippen LogP) is 3.88. The molecule has 1 saturated heterocycles. The summed E-state index contributed by atoms with van der Waals surface area (Å²) >= 11 is 0. The molecule has 21 heavy (non-hydrogen) atoms. The van der Waals surface area contributed by atoms with Crippen molar-refractivity contribution >= 4 is 11.6 Å². The smallest absolute Gasteiger partial charge is 0.134 e. The Morgan fingerprint density at radius 2 is 1.90 bits per heavy atom. The lowest BCUT2D eigenvalue weighted by Crippen LogP contribution is -2.34. The van der Waals surface area contributed by atoms with Crippen molar-refractivity contribution in [2.45, 2.75) is 59.3 Å². The van der Waals surface area contributed by atoms with Crippen LogP contribution in [0.1, 0.15) is 58.7 Å². The fraction of sp³-hybridized carbons (Fsp3) is 0.765. The summed E-state index contributed by atoms with van der Waals surface area (Å²) in [7, 11) is 0. The van der Waals surface area contributed by atoms with Crippen LogP contribution < -0.4 is 10.2 Å². The molecule has 1 aliphatic heterocycles. The molecule has 1 N–H and O–H groups in total. The summed E-state index contributed by atoms with van der Waals surface area (Å²) in [5.41, 5.74) is 0. The number of piperidine rings is 1. The summed E-state index contributed by atoms with van der Waals surface area (Å²) in [5.74, 6) is 3.97. The van der Waals surface area contributed by atoms with Crippen molar-refractivity contribution in [3.8, 4) is 0 Å². The Bertz CT molecular complexity index is 401. The number of hydrogen-bond donors (Lipinski definition) is 1. The highest BCUT2D eigenvalue weighted by molar-refractivity contribution is 5.49. The Morgan fingerprint density at radius 1 is 1.14 bits per heavy atom. The van der Waals surface area contributed by atoms with E-state index in [9.17, 15) is 0 Å². The van der Waals surface area contributed by atoms with E-state index in [1.165, 1.54) is 25.7 Å². The summed E-state index contributed by atoms with van der Waals surface area (Å²) in [5, 5.41) is 3.34. The molecule has 2 heterocycles. The molecule has 2 rings (SSSR count). The van der Waals surface area contributed by atoms with Gasteiger partial charge in [0.15, 0.2) is 0 Å². The highest BCUT2D eigenvalue weighted by atomic mass is 15.2. The van der Waals surface area contributed by atoms with Gasteiger partial charge in [0.2, 0.25) is 0 Å². The van der Waals surface area contributed by atoms with E-state index in [4.69, 9.17) is 4.98 Å². The van der Waals surface area contributed by atoms with Crippen molar-refractivity contribution in [3.63, 3.8) is 0 Å². The molecule has 1 aromatic rings. The summed E-state index contributed by atoms with van der Waals surface area (Å²) < 4.78 is 0. The standard InChI is InChI=1S/C17H30N4/c1-4-7-14-9-11-21(12-10-14)17-13-16(18-6-3)19-15(20-17)8-5-2/h13-14H,4-12H2,1-3H3,(H,18,19,20). The van der Waals surface area contributed by atoms with Gasteiger partial charge in [-0.05, 0) is 32.1 Å². The molecule has 0 bridgehead atoms. The maximum absolute atomic E-state index is 4.77. The van der Waals surface area contributed by atoms with Crippen molar-refractivity contribution in [1.29, 1.82) is 0 Å².